The second-order valence-electron chi connectivity index (χ2n) is 5.51. The molecular formula is C13H21N3OS. The maximum absolute atomic E-state index is 8.76. The molecule has 1 aromatic heterocycles. The molecule has 0 amide bonds. The molecule has 1 aliphatic rings. The Morgan fingerprint density at radius 2 is 2.39 bits per heavy atom. The molecule has 4 nitrogen and oxygen atoms in total. The Morgan fingerprint density at radius 3 is 3.11 bits per heavy atom. The Balaban J connectivity index is 1.89. The van der Waals surface area contributed by atoms with E-state index in [1.807, 2.05) is 25.2 Å². The van der Waals surface area contributed by atoms with Gasteiger partial charge in [0.05, 0.1) is 0 Å². The lowest BCUT2D eigenvalue weighted by molar-refractivity contribution is 0.226. The van der Waals surface area contributed by atoms with Crippen LogP contribution in [0.3, 0.4) is 0 Å². The summed E-state index contributed by atoms with van der Waals surface area (Å²) in [6, 6.07) is 2.22. The zero-order valence-corrected chi connectivity index (χ0v) is 11.8. The first-order chi connectivity index (χ1) is 8.53. The summed E-state index contributed by atoms with van der Waals surface area (Å²) in [5, 5.41) is 14.1. The molecule has 0 aliphatic carbocycles. The zero-order chi connectivity index (χ0) is 13.2. The van der Waals surface area contributed by atoms with Crippen LogP contribution in [-0.2, 0) is 13.0 Å². The van der Waals surface area contributed by atoms with Crippen LogP contribution in [0, 0.1) is 5.41 Å². The van der Waals surface area contributed by atoms with Gasteiger partial charge >= 0.3 is 0 Å². The predicted molar refractivity (Wildman–Crippen MR) is 75.1 cm³/mol. The minimum absolute atomic E-state index is 0.246. The minimum Gasteiger partial charge on any atom is -0.409 e. The summed E-state index contributed by atoms with van der Waals surface area (Å²) >= 11 is 1.86. The van der Waals surface area contributed by atoms with Crippen molar-refractivity contribution in [2.45, 2.75) is 33.2 Å². The van der Waals surface area contributed by atoms with Gasteiger partial charge in [0.15, 0.2) is 0 Å². The summed E-state index contributed by atoms with van der Waals surface area (Å²) in [5.41, 5.74) is 6.93. The van der Waals surface area contributed by atoms with Gasteiger partial charge in [0.1, 0.15) is 5.84 Å². The summed E-state index contributed by atoms with van der Waals surface area (Å²) in [6.45, 7) is 7.16. The molecule has 0 aromatic carbocycles. The molecule has 18 heavy (non-hydrogen) atoms. The second-order valence-corrected chi connectivity index (χ2v) is 6.51. The maximum Gasteiger partial charge on any atom is 0.144 e. The topological polar surface area (TPSA) is 61.8 Å². The lowest BCUT2D eigenvalue weighted by atomic mass is 9.87. The molecule has 1 aromatic rings. The summed E-state index contributed by atoms with van der Waals surface area (Å²) < 4.78 is 0. The Kier molecular flexibility index (Phi) is 3.92. The highest BCUT2D eigenvalue weighted by Gasteiger charge is 2.25. The fraction of sp³-hybridized carbons (Fsp3) is 0.615. The number of nitrogens with zero attached hydrogens (tertiary/aromatic N) is 2. The van der Waals surface area contributed by atoms with Gasteiger partial charge in [-0.05, 0) is 36.4 Å². The van der Waals surface area contributed by atoms with Crippen LogP contribution >= 0.6 is 11.3 Å². The highest BCUT2D eigenvalue weighted by molar-refractivity contribution is 7.10. The lowest BCUT2D eigenvalue weighted by Gasteiger charge is -2.30. The quantitative estimate of drug-likeness (QED) is 0.381. The van der Waals surface area contributed by atoms with E-state index in [4.69, 9.17) is 10.9 Å². The van der Waals surface area contributed by atoms with Gasteiger partial charge in [-0.25, -0.2) is 0 Å². The van der Waals surface area contributed by atoms with Crippen molar-refractivity contribution in [2.24, 2.45) is 16.3 Å². The average molecular weight is 267 g/mol. The number of amidine groups is 1. The van der Waals surface area contributed by atoms with Crippen molar-refractivity contribution in [3.05, 3.63) is 21.9 Å². The normalized spacial score (nSPS) is 17.8. The van der Waals surface area contributed by atoms with Crippen LogP contribution in [0.1, 0.15) is 30.7 Å². The highest BCUT2D eigenvalue weighted by Crippen LogP contribution is 2.26. The fourth-order valence-electron chi connectivity index (χ4n) is 2.20. The monoisotopic (exact) mass is 267 g/mol. The molecule has 0 bridgehead atoms. The van der Waals surface area contributed by atoms with E-state index in [2.05, 4.69) is 21.5 Å². The predicted octanol–water partition coefficient (Wildman–Crippen LogP) is 2.27. The molecule has 100 valence electrons. The molecule has 0 spiro atoms. The number of nitrogens with two attached hydrogens (primary N) is 1. The number of hydrogen-bond acceptors (Lipinski definition) is 4. The van der Waals surface area contributed by atoms with Crippen molar-refractivity contribution in [3.8, 4) is 0 Å². The van der Waals surface area contributed by atoms with E-state index in [9.17, 15) is 0 Å². The second kappa shape index (κ2) is 5.28. The number of thiophene rings is 1. The summed E-state index contributed by atoms with van der Waals surface area (Å²) in [6.07, 6.45) is 2.05. The Labute approximate surface area is 112 Å². The van der Waals surface area contributed by atoms with E-state index in [1.165, 1.54) is 10.4 Å². The van der Waals surface area contributed by atoms with E-state index in [0.29, 0.717) is 5.84 Å². The van der Waals surface area contributed by atoms with Crippen LogP contribution in [0.4, 0.5) is 0 Å². The van der Waals surface area contributed by atoms with E-state index in [-0.39, 0.29) is 5.41 Å². The average Bonchev–Trinajstić information content (AvgIpc) is 2.82. The van der Waals surface area contributed by atoms with Gasteiger partial charge in [-0.3, -0.25) is 4.90 Å². The van der Waals surface area contributed by atoms with Gasteiger partial charge in [0.25, 0.3) is 0 Å². The molecule has 0 radical (unpaired) electrons. The third-order valence-corrected chi connectivity index (χ3v) is 4.76. The Bertz CT molecular complexity index is 439. The van der Waals surface area contributed by atoms with Crippen molar-refractivity contribution in [1.29, 1.82) is 0 Å². The third kappa shape index (κ3) is 2.84. The van der Waals surface area contributed by atoms with Crippen molar-refractivity contribution in [1.82, 2.24) is 4.90 Å². The first kappa shape index (κ1) is 13.4. The highest BCUT2D eigenvalue weighted by atomic mass is 32.1. The minimum atomic E-state index is -0.246. The molecule has 3 N–H and O–H groups in total. The smallest absolute Gasteiger partial charge is 0.144 e. The molecule has 2 heterocycles. The third-order valence-electron chi connectivity index (χ3n) is 3.74. The summed E-state index contributed by atoms with van der Waals surface area (Å²) in [4.78, 5) is 3.98. The standard InChI is InChI=1S/C13H21N3OS/c1-13(2,12(14)15-17)5-7-16-6-3-11-10(9-16)4-8-18-11/h4,8,17H,3,5-7,9H2,1-2H3,(H2,14,15). The van der Waals surface area contributed by atoms with Crippen LogP contribution in [-0.4, -0.2) is 29.0 Å². The van der Waals surface area contributed by atoms with Crippen LogP contribution in [0.25, 0.3) is 0 Å². The number of rotatable bonds is 4. The molecule has 0 atom stereocenters. The van der Waals surface area contributed by atoms with Gasteiger partial charge in [0.2, 0.25) is 0 Å². The maximum atomic E-state index is 8.76. The molecule has 0 saturated carbocycles. The van der Waals surface area contributed by atoms with Gasteiger partial charge < -0.3 is 10.9 Å². The largest absolute Gasteiger partial charge is 0.409 e. The van der Waals surface area contributed by atoms with Gasteiger partial charge in [0, 0.05) is 23.4 Å². The summed E-state index contributed by atoms with van der Waals surface area (Å²) in [5.74, 6) is 0.315. The first-order valence-corrected chi connectivity index (χ1v) is 7.16. The van der Waals surface area contributed by atoms with Crippen LogP contribution in [0.15, 0.2) is 16.6 Å². The molecule has 1 aliphatic heterocycles. The molecule has 0 fully saturated rings. The molecule has 5 heteroatoms. The Morgan fingerprint density at radius 1 is 1.61 bits per heavy atom. The fourth-order valence-corrected chi connectivity index (χ4v) is 3.09. The van der Waals surface area contributed by atoms with E-state index >= 15 is 0 Å². The summed E-state index contributed by atoms with van der Waals surface area (Å²) in [7, 11) is 0. The van der Waals surface area contributed by atoms with Crippen molar-refractivity contribution in [2.75, 3.05) is 13.1 Å². The molecular weight excluding hydrogens is 246 g/mol. The van der Waals surface area contributed by atoms with Gasteiger partial charge in [-0.2, -0.15) is 0 Å². The van der Waals surface area contributed by atoms with Crippen molar-refractivity contribution in [3.63, 3.8) is 0 Å². The van der Waals surface area contributed by atoms with E-state index in [0.717, 1.165) is 32.5 Å². The SMILES string of the molecule is CC(C)(CCN1CCc2sccc2C1)C(N)=NO. The number of oxime groups is 1. The molecule has 0 saturated heterocycles. The molecule has 0 unspecified atom stereocenters. The molecule has 2 rings (SSSR count). The van der Waals surface area contributed by atoms with Crippen molar-refractivity contribution < 1.29 is 5.21 Å². The lowest BCUT2D eigenvalue weighted by Crippen LogP contribution is -2.37. The zero-order valence-electron chi connectivity index (χ0n) is 11.0. The van der Waals surface area contributed by atoms with Crippen LogP contribution < -0.4 is 5.73 Å². The van der Waals surface area contributed by atoms with E-state index in [1.54, 1.807) is 0 Å². The van der Waals surface area contributed by atoms with Gasteiger partial charge in [-0.15, -0.1) is 11.3 Å². The number of hydrogen-bond donors (Lipinski definition) is 2. The van der Waals surface area contributed by atoms with E-state index < -0.39 is 0 Å². The van der Waals surface area contributed by atoms with Crippen LogP contribution in [0.2, 0.25) is 0 Å². The Hall–Kier alpha value is -1.07. The first-order valence-electron chi connectivity index (χ1n) is 6.28. The van der Waals surface area contributed by atoms with Crippen LogP contribution in [0.5, 0.6) is 0 Å². The van der Waals surface area contributed by atoms with Crippen molar-refractivity contribution >= 4 is 17.2 Å². The van der Waals surface area contributed by atoms with Gasteiger partial charge in [-0.1, -0.05) is 19.0 Å². The number of fused-ring (bicyclic) bond motifs is 1.